The SMILES string of the molecule is CC1(C)c2ccc(-c3ccc(-c4c5ccccc5c(-c5ccc(-c6cccc7ccccc67)cc5)c5ccccc45)cc3)cc2-c2c1ccc1ccccc21. The third-order valence-corrected chi connectivity index (χ3v) is 12.3. The molecule has 0 saturated carbocycles. The van der Waals surface area contributed by atoms with Gasteiger partial charge in [-0.05, 0) is 116 Å². The molecule has 0 unspecified atom stereocenters. The first-order valence-corrected chi connectivity index (χ1v) is 19.3. The van der Waals surface area contributed by atoms with Gasteiger partial charge in [-0.2, -0.15) is 0 Å². The summed E-state index contributed by atoms with van der Waals surface area (Å²) < 4.78 is 0. The van der Waals surface area contributed by atoms with Crippen molar-refractivity contribution in [1.82, 2.24) is 0 Å². The number of fused-ring (bicyclic) bond motifs is 8. The van der Waals surface area contributed by atoms with E-state index in [-0.39, 0.29) is 5.41 Å². The van der Waals surface area contributed by atoms with Crippen LogP contribution in [-0.4, -0.2) is 0 Å². The van der Waals surface area contributed by atoms with E-state index < -0.39 is 0 Å². The summed E-state index contributed by atoms with van der Waals surface area (Å²) in [5.41, 5.74) is 15.5. The second kappa shape index (κ2) is 12.1. The molecule has 0 atom stereocenters. The van der Waals surface area contributed by atoms with Crippen LogP contribution in [0.1, 0.15) is 25.0 Å². The summed E-state index contributed by atoms with van der Waals surface area (Å²) in [6.07, 6.45) is 0. The minimum absolute atomic E-state index is 0.0375. The molecule has 10 aromatic rings. The van der Waals surface area contributed by atoms with Crippen molar-refractivity contribution in [3.63, 3.8) is 0 Å². The Morgan fingerprint density at radius 2 is 0.709 bits per heavy atom. The van der Waals surface area contributed by atoms with Crippen molar-refractivity contribution >= 4 is 43.1 Å². The molecule has 0 amide bonds. The maximum atomic E-state index is 2.43. The molecule has 1 aliphatic carbocycles. The molecule has 0 heteroatoms. The second-order valence-electron chi connectivity index (χ2n) is 15.6. The molecule has 0 saturated heterocycles. The minimum atomic E-state index is -0.0375. The van der Waals surface area contributed by atoms with Gasteiger partial charge in [-0.3, -0.25) is 0 Å². The molecule has 0 bridgehead atoms. The normalized spacial score (nSPS) is 13.1. The average Bonchev–Trinajstić information content (AvgIpc) is 3.48. The van der Waals surface area contributed by atoms with Gasteiger partial charge in [0.15, 0.2) is 0 Å². The lowest BCUT2D eigenvalue weighted by Crippen LogP contribution is -2.14. The quantitative estimate of drug-likeness (QED) is 0.161. The van der Waals surface area contributed by atoms with Gasteiger partial charge in [-0.15, -0.1) is 0 Å². The van der Waals surface area contributed by atoms with E-state index in [1.807, 2.05) is 0 Å². The minimum Gasteiger partial charge on any atom is -0.0616 e. The number of hydrogen-bond acceptors (Lipinski definition) is 0. The number of hydrogen-bond donors (Lipinski definition) is 0. The summed E-state index contributed by atoms with van der Waals surface area (Å²) in [6, 6.07) is 72.1. The van der Waals surface area contributed by atoms with Crippen LogP contribution in [0.25, 0.3) is 98.7 Å². The maximum Gasteiger partial charge on any atom is 0.0159 e. The monoisotopic (exact) mass is 698 g/mol. The van der Waals surface area contributed by atoms with E-state index in [1.165, 1.54) is 110 Å². The van der Waals surface area contributed by atoms with E-state index in [0.29, 0.717) is 0 Å². The number of rotatable bonds is 4. The van der Waals surface area contributed by atoms with Gasteiger partial charge in [0.25, 0.3) is 0 Å². The van der Waals surface area contributed by atoms with Gasteiger partial charge in [-0.1, -0.05) is 202 Å². The van der Waals surface area contributed by atoms with Crippen LogP contribution in [0.2, 0.25) is 0 Å². The van der Waals surface area contributed by atoms with Crippen molar-refractivity contribution in [3.8, 4) is 55.6 Å². The van der Waals surface area contributed by atoms with Gasteiger partial charge in [0, 0.05) is 5.41 Å². The molecule has 0 aromatic heterocycles. The first-order valence-electron chi connectivity index (χ1n) is 19.3. The van der Waals surface area contributed by atoms with Gasteiger partial charge in [0.2, 0.25) is 0 Å². The van der Waals surface area contributed by atoms with Gasteiger partial charge >= 0.3 is 0 Å². The van der Waals surface area contributed by atoms with Crippen LogP contribution < -0.4 is 0 Å². The predicted octanol–water partition coefficient (Wildman–Crippen LogP) is 15.3. The van der Waals surface area contributed by atoms with Gasteiger partial charge in [0.1, 0.15) is 0 Å². The standard InChI is InChI=1S/C55H38/c1-55(2)50-32-31-41(34-49(50)54-44-16-6-4-13-37(44)30-33-51(54)55)35-22-26-39(27-23-35)52-45-17-7-9-19-47(45)53(48-20-10-8-18-46(48)52)40-28-24-38(25-29-40)43-21-11-14-36-12-3-5-15-42(36)43/h3-34H,1-2H3. The zero-order valence-electron chi connectivity index (χ0n) is 31.0. The molecule has 0 nitrogen and oxygen atoms in total. The molecule has 0 fully saturated rings. The lowest BCUT2D eigenvalue weighted by atomic mass is 9.82. The van der Waals surface area contributed by atoms with Gasteiger partial charge in [0.05, 0.1) is 0 Å². The van der Waals surface area contributed by atoms with E-state index in [2.05, 4.69) is 208 Å². The molecule has 258 valence electrons. The lowest BCUT2D eigenvalue weighted by Gasteiger charge is -2.21. The van der Waals surface area contributed by atoms with Gasteiger partial charge < -0.3 is 0 Å². The topological polar surface area (TPSA) is 0 Å². The number of benzene rings is 10. The molecule has 10 aromatic carbocycles. The maximum absolute atomic E-state index is 2.43. The molecule has 0 N–H and O–H groups in total. The first-order chi connectivity index (χ1) is 27.0. The smallest absolute Gasteiger partial charge is 0.0159 e. The molecule has 1 aliphatic rings. The van der Waals surface area contributed by atoms with Crippen LogP contribution in [0.5, 0.6) is 0 Å². The third-order valence-electron chi connectivity index (χ3n) is 12.3. The van der Waals surface area contributed by atoms with Crippen LogP contribution >= 0.6 is 0 Å². The van der Waals surface area contributed by atoms with Crippen LogP contribution in [-0.2, 0) is 5.41 Å². The Labute approximate surface area is 322 Å². The molecule has 0 spiro atoms. The van der Waals surface area contributed by atoms with E-state index in [4.69, 9.17) is 0 Å². The Morgan fingerprint density at radius 1 is 0.273 bits per heavy atom. The fraction of sp³-hybridized carbons (Fsp3) is 0.0545. The fourth-order valence-corrected chi connectivity index (χ4v) is 9.58. The highest BCUT2D eigenvalue weighted by Crippen LogP contribution is 2.52. The molecular formula is C55H38. The lowest BCUT2D eigenvalue weighted by molar-refractivity contribution is 0.661. The average molecular weight is 699 g/mol. The summed E-state index contributed by atoms with van der Waals surface area (Å²) in [7, 11) is 0. The third kappa shape index (κ3) is 4.85. The molecular weight excluding hydrogens is 661 g/mol. The Morgan fingerprint density at radius 3 is 1.31 bits per heavy atom. The molecule has 0 aliphatic heterocycles. The Hall–Kier alpha value is -6.76. The van der Waals surface area contributed by atoms with E-state index in [1.54, 1.807) is 0 Å². The van der Waals surface area contributed by atoms with E-state index in [0.717, 1.165) is 0 Å². The van der Waals surface area contributed by atoms with Crippen molar-refractivity contribution in [1.29, 1.82) is 0 Å². The van der Waals surface area contributed by atoms with Crippen LogP contribution in [0.3, 0.4) is 0 Å². The van der Waals surface area contributed by atoms with Crippen LogP contribution in [0.15, 0.2) is 194 Å². The summed E-state index contributed by atoms with van der Waals surface area (Å²) in [5.74, 6) is 0. The fourth-order valence-electron chi connectivity index (χ4n) is 9.58. The van der Waals surface area contributed by atoms with Crippen LogP contribution in [0.4, 0.5) is 0 Å². The summed E-state index contributed by atoms with van der Waals surface area (Å²) in [6.45, 7) is 4.73. The largest absolute Gasteiger partial charge is 0.0616 e. The predicted molar refractivity (Wildman–Crippen MR) is 236 cm³/mol. The van der Waals surface area contributed by atoms with Crippen molar-refractivity contribution < 1.29 is 0 Å². The highest BCUT2D eigenvalue weighted by Gasteiger charge is 2.36. The molecule has 11 rings (SSSR count). The molecule has 55 heavy (non-hydrogen) atoms. The van der Waals surface area contributed by atoms with Crippen LogP contribution in [0, 0.1) is 0 Å². The second-order valence-corrected chi connectivity index (χ2v) is 15.6. The van der Waals surface area contributed by atoms with Crippen molar-refractivity contribution in [2.45, 2.75) is 19.3 Å². The van der Waals surface area contributed by atoms with Crippen molar-refractivity contribution in [2.75, 3.05) is 0 Å². The van der Waals surface area contributed by atoms with E-state index in [9.17, 15) is 0 Å². The Bertz CT molecular complexity index is 3080. The van der Waals surface area contributed by atoms with E-state index >= 15 is 0 Å². The zero-order valence-corrected chi connectivity index (χ0v) is 31.0. The highest BCUT2D eigenvalue weighted by atomic mass is 14.4. The molecule has 0 radical (unpaired) electrons. The Kier molecular flexibility index (Phi) is 7.00. The first kappa shape index (κ1) is 31.7. The highest BCUT2D eigenvalue weighted by molar-refractivity contribution is 6.21. The molecule has 0 heterocycles. The van der Waals surface area contributed by atoms with Gasteiger partial charge in [-0.25, -0.2) is 0 Å². The van der Waals surface area contributed by atoms with Crippen molar-refractivity contribution in [3.05, 3.63) is 205 Å². The zero-order chi connectivity index (χ0) is 36.7. The summed E-state index contributed by atoms with van der Waals surface area (Å²) >= 11 is 0. The summed E-state index contributed by atoms with van der Waals surface area (Å²) in [4.78, 5) is 0. The Balaban J connectivity index is 1.02. The summed E-state index contributed by atoms with van der Waals surface area (Å²) in [5, 5.41) is 10.3. The van der Waals surface area contributed by atoms with Crippen molar-refractivity contribution in [2.24, 2.45) is 0 Å².